The number of carboxylic acid groups (broad SMARTS) is 1. The fourth-order valence-corrected chi connectivity index (χ4v) is 2.93. The zero-order chi connectivity index (χ0) is 13.4. The van der Waals surface area contributed by atoms with E-state index in [2.05, 4.69) is 4.90 Å². The van der Waals surface area contributed by atoms with E-state index in [-0.39, 0.29) is 12.0 Å². The largest absolute Gasteiger partial charge is 0.481 e. The van der Waals surface area contributed by atoms with Crippen LogP contribution >= 0.6 is 0 Å². The minimum atomic E-state index is -0.688. The Morgan fingerprint density at radius 2 is 2.26 bits per heavy atom. The third kappa shape index (κ3) is 2.12. The zero-order valence-electron chi connectivity index (χ0n) is 10.9. The molecule has 4 nitrogen and oxygen atoms in total. The van der Waals surface area contributed by atoms with E-state index in [4.69, 9.17) is 9.52 Å². The van der Waals surface area contributed by atoms with Gasteiger partial charge in [-0.1, -0.05) is 18.2 Å². The second-order valence-electron chi connectivity index (χ2n) is 5.20. The number of likely N-dealkylation sites (tertiary alicyclic amines) is 1. The second-order valence-corrected chi connectivity index (χ2v) is 5.20. The van der Waals surface area contributed by atoms with Crippen LogP contribution in [0.3, 0.4) is 0 Å². The van der Waals surface area contributed by atoms with Crippen LogP contribution in [0.5, 0.6) is 0 Å². The summed E-state index contributed by atoms with van der Waals surface area (Å²) in [6, 6.07) is 8.02. The molecule has 1 fully saturated rings. The van der Waals surface area contributed by atoms with Gasteiger partial charge in [-0.15, -0.1) is 0 Å². The highest BCUT2D eigenvalue weighted by atomic mass is 16.4. The Balaban J connectivity index is 1.81. The maximum Gasteiger partial charge on any atom is 0.308 e. The molecule has 0 bridgehead atoms. The van der Waals surface area contributed by atoms with Gasteiger partial charge in [0.1, 0.15) is 5.58 Å². The Hall–Kier alpha value is -1.81. The van der Waals surface area contributed by atoms with Gasteiger partial charge in [0.25, 0.3) is 0 Å². The van der Waals surface area contributed by atoms with Crippen molar-refractivity contribution in [1.29, 1.82) is 0 Å². The van der Waals surface area contributed by atoms with E-state index in [9.17, 15) is 4.79 Å². The first-order valence-electron chi connectivity index (χ1n) is 6.59. The topological polar surface area (TPSA) is 53.7 Å². The monoisotopic (exact) mass is 259 g/mol. The van der Waals surface area contributed by atoms with Crippen LogP contribution < -0.4 is 0 Å². The highest BCUT2D eigenvalue weighted by Gasteiger charge is 2.35. The van der Waals surface area contributed by atoms with E-state index < -0.39 is 5.97 Å². The van der Waals surface area contributed by atoms with Gasteiger partial charge in [0.2, 0.25) is 0 Å². The smallest absolute Gasteiger partial charge is 0.308 e. The summed E-state index contributed by atoms with van der Waals surface area (Å²) in [4.78, 5) is 13.3. The number of aliphatic carboxylic acids is 1. The lowest BCUT2D eigenvalue weighted by molar-refractivity contribution is -0.142. The number of nitrogens with zero attached hydrogens (tertiary/aromatic N) is 1. The molecule has 0 spiro atoms. The van der Waals surface area contributed by atoms with Crippen LogP contribution in [0.1, 0.15) is 18.9 Å². The Kier molecular flexibility index (Phi) is 3.03. The number of hydrogen-bond acceptors (Lipinski definition) is 3. The molecule has 1 aromatic heterocycles. The van der Waals surface area contributed by atoms with Gasteiger partial charge >= 0.3 is 5.97 Å². The lowest BCUT2D eigenvalue weighted by atomic mass is 10.0. The molecule has 2 atom stereocenters. The van der Waals surface area contributed by atoms with Gasteiger partial charge in [-0.3, -0.25) is 9.69 Å². The van der Waals surface area contributed by atoms with Crippen molar-refractivity contribution < 1.29 is 14.3 Å². The van der Waals surface area contributed by atoms with Crippen LogP contribution in [0.2, 0.25) is 0 Å². The molecule has 0 aliphatic carbocycles. The molecule has 1 N–H and O–H groups in total. The molecule has 3 rings (SSSR count). The van der Waals surface area contributed by atoms with Crippen LogP contribution in [0, 0.1) is 5.92 Å². The van der Waals surface area contributed by atoms with Gasteiger partial charge in [0.15, 0.2) is 0 Å². The van der Waals surface area contributed by atoms with Crippen molar-refractivity contribution in [2.45, 2.75) is 25.9 Å². The van der Waals surface area contributed by atoms with E-state index >= 15 is 0 Å². The Morgan fingerprint density at radius 3 is 3.00 bits per heavy atom. The summed E-state index contributed by atoms with van der Waals surface area (Å²) in [5.41, 5.74) is 2.02. The van der Waals surface area contributed by atoms with Crippen molar-refractivity contribution in [2.24, 2.45) is 5.92 Å². The molecule has 0 amide bonds. The Labute approximate surface area is 111 Å². The summed E-state index contributed by atoms with van der Waals surface area (Å²) in [5.74, 6) is -0.940. The molecule has 2 unspecified atom stereocenters. The molecule has 2 aromatic rings. The first kappa shape index (κ1) is 12.2. The molecule has 1 aliphatic rings. The summed E-state index contributed by atoms with van der Waals surface area (Å²) in [7, 11) is 0. The maximum absolute atomic E-state index is 11.1. The SMILES string of the molecule is CC1C(C(=O)O)CCN1Cc1coc2ccccc12. The van der Waals surface area contributed by atoms with E-state index in [0.29, 0.717) is 0 Å². The molecular formula is C15H17NO3. The molecular weight excluding hydrogens is 242 g/mol. The summed E-state index contributed by atoms with van der Waals surface area (Å²) in [5, 5.41) is 10.3. The van der Waals surface area contributed by atoms with Crippen molar-refractivity contribution in [1.82, 2.24) is 4.90 Å². The number of para-hydroxylation sites is 1. The van der Waals surface area contributed by atoms with Gasteiger partial charge in [-0.25, -0.2) is 0 Å². The highest BCUT2D eigenvalue weighted by Crippen LogP contribution is 2.29. The number of fused-ring (bicyclic) bond motifs is 1. The maximum atomic E-state index is 11.1. The number of rotatable bonds is 3. The first-order valence-corrected chi connectivity index (χ1v) is 6.59. The normalized spacial score (nSPS) is 24.1. The first-order chi connectivity index (χ1) is 9.16. The summed E-state index contributed by atoms with van der Waals surface area (Å²) in [6.45, 7) is 3.58. The minimum absolute atomic E-state index is 0.0752. The van der Waals surface area contributed by atoms with Gasteiger partial charge < -0.3 is 9.52 Å². The fraction of sp³-hybridized carbons (Fsp3) is 0.400. The van der Waals surface area contributed by atoms with Crippen molar-refractivity contribution >= 4 is 16.9 Å². The standard InChI is InChI=1S/C15H17NO3/c1-10-12(15(17)18)6-7-16(10)8-11-9-19-14-5-3-2-4-13(11)14/h2-5,9-10,12H,6-8H2,1H3,(H,17,18). The molecule has 0 radical (unpaired) electrons. The van der Waals surface area contributed by atoms with E-state index in [0.717, 1.165) is 36.0 Å². The number of carbonyl (C=O) groups is 1. The van der Waals surface area contributed by atoms with Gasteiger partial charge in [-0.05, 0) is 26.0 Å². The van der Waals surface area contributed by atoms with E-state index in [1.54, 1.807) is 6.26 Å². The lowest BCUT2D eigenvalue weighted by Gasteiger charge is -2.22. The summed E-state index contributed by atoms with van der Waals surface area (Å²) >= 11 is 0. The van der Waals surface area contributed by atoms with Crippen LogP contribution in [0.4, 0.5) is 0 Å². The predicted octanol–water partition coefficient (Wildman–Crippen LogP) is 2.73. The molecule has 1 aromatic carbocycles. The third-order valence-corrected chi connectivity index (χ3v) is 4.14. The number of benzene rings is 1. The molecule has 2 heterocycles. The predicted molar refractivity (Wildman–Crippen MR) is 71.8 cm³/mol. The van der Waals surface area contributed by atoms with Crippen molar-refractivity contribution in [3.05, 3.63) is 36.1 Å². The minimum Gasteiger partial charge on any atom is -0.481 e. The molecule has 1 saturated heterocycles. The van der Waals surface area contributed by atoms with Crippen LogP contribution in [-0.4, -0.2) is 28.6 Å². The van der Waals surface area contributed by atoms with Gasteiger partial charge in [0.05, 0.1) is 12.2 Å². The molecule has 100 valence electrons. The van der Waals surface area contributed by atoms with Crippen LogP contribution in [0.25, 0.3) is 11.0 Å². The van der Waals surface area contributed by atoms with E-state index in [1.807, 2.05) is 31.2 Å². The van der Waals surface area contributed by atoms with Crippen LogP contribution in [-0.2, 0) is 11.3 Å². The van der Waals surface area contributed by atoms with Gasteiger partial charge in [0, 0.05) is 23.5 Å². The Morgan fingerprint density at radius 1 is 1.47 bits per heavy atom. The summed E-state index contributed by atoms with van der Waals surface area (Å²) < 4.78 is 5.53. The number of hydrogen-bond donors (Lipinski definition) is 1. The van der Waals surface area contributed by atoms with Crippen molar-refractivity contribution in [3.63, 3.8) is 0 Å². The second kappa shape index (κ2) is 4.70. The van der Waals surface area contributed by atoms with Crippen molar-refractivity contribution in [2.75, 3.05) is 6.54 Å². The van der Waals surface area contributed by atoms with Crippen molar-refractivity contribution in [3.8, 4) is 0 Å². The Bertz CT molecular complexity index is 604. The zero-order valence-corrected chi connectivity index (χ0v) is 10.9. The quantitative estimate of drug-likeness (QED) is 0.920. The fourth-order valence-electron chi connectivity index (χ4n) is 2.93. The van der Waals surface area contributed by atoms with Crippen LogP contribution in [0.15, 0.2) is 34.9 Å². The average molecular weight is 259 g/mol. The molecule has 1 aliphatic heterocycles. The average Bonchev–Trinajstić information content (AvgIpc) is 2.96. The number of carboxylic acids is 1. The lowest BCUT2D eigenvalue weighted by Crippen LogP contribution is -2.32. The summed E-state index contributed by atoms with van der Waals surface area (Å²) in [6.07, 6.45) is 2.51. The third-order valence-electron chi connectivity index (χ3n) is 4.14. The van der Waals surface area contributed by atoms with Gasteiger partial charge in [-0.2, -0.15) is 0 Å². The highest BCUT2D eigenvalue weighted by molar-refractivity contribution is 5.80. The number of furan rings is 1. The molecule has 0 saturated carbocycles. The molecule has 19 heavy (non-hydrogen) atoms. The molecule has 4 heteroatoms. The van der Waals surface area contributed by atoms with E-state index in [1.165, 1.54) is 0 Å².